The van der Waals surface area contributed by atoms with Crippen molar-refractivity contribution in [2.24, 2.45) is 5.92 Å². The van der Waals surface area contributed by atoms with Crippen LogP contribution in [0.2, 0.25) is 0 Å². The fraction of sp³-hybridized carbons (Fsp3) is 0.818. The summed E-state index contributed by atoms with van der Waals surface area (Å²) in [5.74, 6) is -0.264. The molecular weight excluding hydrogens is 240 g/mol. The van der Waals surface area contributed by atoms with E-state index in [4.69, 9.17) is 5.11 Å². The highest BCUT2D eigenvalue weighted by Gasteiger charge is 2.46. The lowest BCUT2D eigenvalue weighted by molar-refractivity contribution is -0.368. The van der Waals surface area contributed by atoms with Crippen LogP contribution >= 0.6 is 11.8 Å². The average molecular weight is 259 g/mol. The minimum Gasteiger partial charge on any atom is -0.480 e. The van der Waals surface area contributed by atoms with Crippen molar-refractivity contribution in [3.63, 3.8) is 0 Å². The number of piperidine rings is 1. The lowest BCUT2D eigenvalue weighted by Crippen LogP contribution is -2.52. The number of nitrogens with zero attached hydrogens (tertiary/aromatic N) is 1. The van der Waals surface area contributed by atoms with Gasteiger partial charge in [-0.1, -0.05) is 0 Å². The van der Waals surface area contributed by atoms with Gasteiger partial charge in [0.1, 0.15) is 6.04 Å². The largest absolute Gasteiger partial charge is 0.480 e. The minimum absolute atomic E-state index is 0.0218. The number of fused-ring (bicyclic) bond motifs is 1. The van der Waals surface area contributed by atoms with E-state index in [1.807, 2.05) is 0 Å². The molecule has 17 heavy (non-hydrogen) atoms. The lowest BCUT2D eigenvalue weighted by Gasteiger charge is -2.35. The number of carboxylic acid groups (broad SMARTS) is 1. The zero-order chi connectivity index (χ0) is 12.4. The van der Waals surface area contributed by atoms with Gasteiger partial charge in [0, 0.05) is 11.7 Å². The number of quaternary nitrogens is 1. The Morgan fingerprint density at radius 2 is 2.29 bits per heavy atom. The van der Waals surface area contributed by atoms with Crippen LogP contribution in [0.25, 0.3) is 0 Å². The molecular formula is C11H19N2O3S+. The highest BCUT2D eigenvalue weighted by atomic mass is 32.2. The van der Waals surface area contributed by atoms with Crippen molar-refractivity contribution in [1.29, 1.82) is 0 Å². The molecule has 2 rings (SSSR count). The van der Waals surface area contributed by atoms with E-state index in [1.54, 1.807) is 16.7 Å². The number of hydrogen-bond acceptors (Lipinski definition) is 3. The van der Waals surface area contributed by atoms with Crippen molar-refractivity contribution in [3.8, 4) is 0 Å². The van der Waals surface area contributed by atoms with Crippen LogP contribution in [-0.4, -0.2) is 45.6 Å². The Kier molecular flexibility index (Phi) is 3.93. The average Bonchev–Trinajstić information content (AvgIpc) is 2.73. The van der Waals surface area contributed by atoms with Crippen molar-refractivity contribution < 1.29 is 20.4 Å². The molecule has 2 heterocycles. The number of carbonyl (C=O) groups is 2. The Bertz CT molecular complexity index is 324. The van der Waals surface area contributed by atoms with Gasteiger partial charge in [0.15, 0.2) is 0 Å². The summed E-state index contributed by atoms with van der Waals surface area (Å²) in [7, 11) is 0. The van der Waals surface area contributed by atoms with Gasteiger partial charge < -0.3 is 15.7 Å². The first-order chi connectivity index (χ1) is 8.15. The molecule has 0 radical (unpaired) electrons. The van der Waals surface area contributed by atoms with Crippen LogP contribution in [0.4, 0.5) is 0 Å². The Labute approximate surface area is 105 Å². The Morgan fingerprint density at radius 3 is 2.94 bits per heavy atom. The molecule has 6 heteroatoms. The predicted octanol–water partition coefficient (Wildman–Crippen LogP) is -0.227. The number of aliphatic carboxylic acids is 1. The van der Waals surface area contributed by atoms with E-state index >= 15 is 0 Å². The summed E-state index contributed by atoms with van der Waals surface area (Å²) in [4.78, 5) is 25.0. The van der Waals surface area contributed by atoms with Crippen LogP contribution < -0.4 is 5.73 Å². The zero-order valence-electron chi connectivity index (χ0n) is 9.80. The second-order valence-electron chi connectivity index (χ2n) is 4.66. The standard InChI is InChI=1S/C11H18N2O3S/c12-5-1-2-7-3-4-9-13(10(7)14)8(6-17-9)11(15)16/h7-9H,1-6,12H2,(H,15,16)/p+1/t7-,8+,9+/m0/s1. The molecule has 0 unspecified atom stereocenters. The third kappa shape index (κ3) is 2.42. The fourth-order valence-electron chi connectivity index (χ4n) is 2.61. The zero-order valence-corrected chi connectivity index (χ0v) is 10.6. The van der Waals surface area contributed by atoms with Crippen molar-refractivity contribution in [2.75, 3.05) is 12.3 Å². The van der Waals surface area contributed by atoms with E-state index in [2.05, 4.69) is 5.73 Å². The maximum atomic E-state index is 12.3. The molecule has 2 saturated heterocycles. The number of amides is 1. The van der Waals surface area contributed by atoms with Gasteiger partial charge in [-0.15, -0.1) is 11.8 Å². The molecule has 0 aromatic carbocycles. The molecule has 2 aliphatic heterocycles. The van der Waals surface area contributed by atoms with Crippen LogP contribution in [0.15, 0.2) is 0 Å². The molecule has 5 nitrogen and oxygen atoms in total. The highest BCUT2D eigenvalue weighted by Crippen LogP contribution is 2.39. The third-order valence-electron chi connectivity index (χ3n) is 3.55. The quantitative estimate of drug-likeness (QED) is 0.730. The number of rotatable bonds is 4. The second kappa shape index (κ2) is 5.27. The molecule has 0 aliphatic carbocycles. The molecule has 96 valence electrons. The van der Waals surface area contributed by atoms with Crippen molar-refractivity contribution in [2.45, 2.75) is 37.1 Å². The van der Waals surface area contributed by atoms with Gasteiger partial charge in [-0.3, -0.25) is 4.79 Å². The monoisotopic (exact) mass is 259 g/mol. The second-order valence-corrected chi connectivity index (χ2v) is 5.87. The van der Waals surface area contributed by atoms with Gasteiger partial charge >= 0.3 is 5.97 Å². The SMILES string of the molecule is [NH3+]CCC[C@H]1CC[C@H]2SC[C@H](C(=O)O)N2C1=O. The van der Waals surface area contributed by atoms with E-state index in [0.29, 0.717) is 5.75 Å². The summed E-state index contributed by atoms with van der Waals surface area (Å²) in [6.07, 6.45) is 3.63. The van der Waals surface area contributed by atoms with Crippen molar-refractivity contribution in [1.82, 2.24) is 4.90 Å². The van der Waals surface area contributed by atoms with Gasteiger partial charge in [0.2, 0.25) is 5.91 Å². The Hall–Kier alpha value is -0.750. The number of thioether (sulfide) groups is 1. The molecule has 1 amide bonds. The highest BCUT2D eigenvalue weighted by molar-refractivity contribution is 8.00. The van der Waals surface area contributed by atoms with E-state index in [9.17, 15) is 9.59 Å². The van der Waals surface area contributed by atoms with Gasteiger partial charge in [-0.25, -0.2) is 4.79 Å². The normalized spacial score (nSPS) is 32.6. The Balaban J connectivity index is 2.06. The third-order valence-corrected chi connectivity index (χ3v) is 4.90. The van der Waals surface area contributed by atoms with Crippen LogP contribution in [0.3, 0.4) is 0 Å². The molecule has 2 fully saturated rings. The van der Waals surface area contributed by atoms with Crippen molar-refractivity contribution in [3.05, 3.63) is 0 Å². The molecule has 0 aromatic heterocycles. The summed E-state index contributed by atoms with van der Waals surface area (Å²) in [5, 5.41) is 9.21. The Morgan fingerprint density at radius 1 is 1.53 bits per heavy atom. The van der Waals surface area contributed by atoms with E-state index in [1.165, 1.54) is 0 Å². The summed E-state index contributed by atoms with van der Waals surface area (Å²) < 4.78 is 0. The molecule has 3 atom stereocenters. The van der Waals surface area contributed by atoms with E-state index < -0.39 is 12.0 Å². The first kappa shape index (κ1) is 12.7. The summed E-state index contributed by atoms with van der Waals surface area (Å²) >= 11 is 1.60. The van der Waals surface area contributed by atoms with Gasteiger partial charge in [-0.2, -0.15) is 0 Å². The first-order valence-electron chi connectivity index (χ1n) is 6.11. The van der Waals surface area contributed by atoms with E-state index in [0.717, 1.165) is 32.2 Å². The maximum Gasteiger partial charge on any atom is 0.327 e. The smallest absolute Gasteiger partial charge is 0.327 e. The van der Waals surface area contributed by atoms with Crippen molar-refractivity contribution >= 4 is 23.6 Å². The van der Waals surface area contributed by atoms with Crippen LogP contribution in [0.1, 0.15) is 25.7 Å². The summed E-state index contributed by atoms with van der Waals surface area (Å²) in [5.41, 5.74) is 3.78. The summed E-state index contributed by atoms with van der Waals surface area (Å²) in [6.45, 7) is 0.838. The van der Waals surface area contributed by atoms with E-state index in [-0.39, 0.29) is 17.2 Å². The topological polar surface area (TPSA) is 85.2 Å². The maximum absolute atomic E-state index is 12.3. The van der Waals surface area contributed by atoms with Gasteiger partial charge in [0.05, 0.1) is 11.9 Å². The van der Waals surface area contributed by atoms with Gasteiger partial charge in [0.25, 0.3) is 0 Å². The number of hydrogen-bond donors (Lipinski definition) is 2. The molecule has 4 N–H and O–H groups in total. The van der Waals surface area contributed by atoms with Crippen LogP contribution in [0, 0.1) is 5.92 Å². The van der Waals surface area contributed by atoms with Crippen LogP contribution in [0.5, 0.6) is 0 Å². The van der Waals surface area contributed by atoms with Crippen LogP contribution in [-0.2, 0) is 9.59 Å². The molecule has 0 aromatic rings. The fourth-order valence-corrected chi connectivity index (χ4v) is 4.03. The first-order valence-corrected chi connectivity index (χ1v) is 7.16. The molecule has 2 aliphatic rings. The molecule has 0 bridgehead atoms. The predicted molar refractivity (Wildman–Crippen MR) is 64.2 cm³/mol. The lowest BCUT2D eigenvalue weighted by atomic mass is 9.91. The minimum atomic E-state index is -0.869. The number of carbonyl (C=O) groups excluding carboxylic acids is 1. The number of carboxylic acids is 1. The molecule has 0 spiro atoms. The van der Waals surface area contributed by atoms with Gasteiger partial charge in [-0.05, 0) is 25.7 Å². The summed E-state index contributed by atoms with van der Waals surface area (Å²) in [6, 6.07) is -0.611. The molecule has 0 saturated carbocycles.